The third-order valence-corrected chi connectivity index (χ3v) is 7.21. The second-order valence-corrected chi connectivity index (χ2v) is 9.65. The predicted octanol–water partition coefficient (Wildman–Crippen LogP) is 5.17. The largest absolute Gasteiger partial charge is 0.363 e. The number of nitrogens with zero attached hydrogens (tertiary/aromatic N) is 2. The highest BCUT2D eigenvalue weighted by Crippen LogP contribution is 2.39. The molecule has 0 unspecified atom stereocenters. The van der Waals surface area contributed by atoms with Crippen LogP contribution in [0.3, 0.4) is 0 Å². The maximum absolute atomic E-state index is 13.6. The zero-order valence-corrected chi connectivity index (χ0v) is 20.4. The molecule has 2 aliphatic heterocycles. The highest BCUT2D eigenvalue weighted by atomic mass is 16.2. The van der Waals surface area contributed by atoms with Gasteiger partial charge in [0.1, 0.15) is 0 Å². The van der Waals surface area contributed by atoms with Crippen LogP contribution in [0.25, 0.3) is 11.1 Å². The lowest BCUT2D eigenvalue weighted by atomic mass is 9.99. The molecule has 0 radical (unpaired) electrons. The van der Waals surface area contributed by atoms with Gasteiger partial charge in [-0.1, -0.05) is 60.7 Å². The third-order valence-electron chi connectivity index (χ3n) is 7.21. The van der Waals surface area contributed by atoms with E-state index in [1.807, 2.05) is 77.7 Å². The third kappa shape index (κ3) is 4.36. The van der Waals surface area contributed by atoms with Gasteiger partial charge in [0.05, 0.1) is 11.4 Å². The number of amides is 2. The molecule has 2 aliphatic rings. The summed E-state index contributed by atoms with van der Waals surface area (Å²) in [6.07, 6.45) is 0.869. The SMILES string of the molecule is N[C@H]1C[C@@H]2CN(C(=O)c3ccc(NC(=O)c4ccccc4-c4ccccc4)cc3)c3ccccc3N2C1. The van der Waals surface area contributed by atoms with E-state index in [0.717, 1.165) is 35.5 Å². The van der Waals surface area contributed by atoms with Gasteiger partial charge in [-0.25, -0.2) is 0 Å². The second-order valence-electron chi connectivity index (χ2n) is 9.65. The summed E-state index contributed by atoms with van der Waals surface area (Å²) in [6, 6.07) is 32.9. The smallest absolute Gasteiger partial charge is 0.258 e. The molecule has 2 atom stereocenters. The average molecular weight is 489 g/mol. The second kappa shape index (κ2) is 9.56. The van der Waals surface area contributed by atoms with E-state index >= 15 is 0 Å². The summed E-state index contributed by atoms with van der Waals surface area (Å²) < 4.78 is 0. The van der Waals surface area contributed by atoms with Crippen LogP contribution in [0.5, 0.6) is 0 Å². The van der Waals surface area contributed by atoms with Crippen molar-refractivity contribution in [1.82, 2.24) is 0 Å². The van der Waals surface area contributed by atoms with Gasteiger partial charge in [0.25, 0.3) is 11.8 Å². The van der Waals surface area contributed by atoms with Crippen LogP contribution in [0.1, 0.15) is 27.1 Å². The number of fused-ring (bicyclic) bond motifs is 3. The molecule has 6 nitrogen and oxygen atoms in total. The average Bonchev–Trinajstić information content (AvgIpc) is 3.33. The minimum Gasteiger partial charge on any atom is -0.363 e. The molecule has 2 heterocycles. The van der Waals surface area contributed by atoms with E-state index in [2.05, 4.69) is 16.3 Å². The molecule has 4 aromatic rings. The molecular weight excluding hydrogens is 460 g/mol. The first kappa shape index (κ1) is 23.0. The molecule has 1 saturated heterocycles. The summed E-state index contributed by atoms with van der Waals surface area (Å²) in [6.45, 7) is 1.42. The number of rotatable bonds is 4. The van der Waals surface area contributed by atoms with Crippen LogP contribution in [-0.2, 0) is 0 Å². The number of para-hydroxylation sites is 2. The van der Waals surface area contributed by atoms with Crippen LogP contribution >= 0.6 is 0 Å². The fourth-order valence-electron chi connectivity index (χ4n) is 5.46. The van der Waals surface area contributed by atoms with Crippen molar-refractivity contribution in [2.24, 2.45) is 5.73 Å². The van der Waals surface area contributed by atoms with Crippen LogP contribution in [0.15, 0.2) is 103 Å². The van der Waals surface area contributed by atoms with Crippen LogP contribution in [0.2, 0.25) is 0 Å². The lowest BCUT2D eigenvalue weighted by molar-refractivity contribution is 0.0983. The first-order chi connectivity index (χ1) is 18.1. The Morgan fingerprint density at radius 1 is 0.757 bits per heavy atom. The molecule has 0 aliphatic carbocycles. The lowest BCUT2D eigenvalue weighted by Gasteiger charge is -2.40. The number of nitrogens with two attached hydrogens (primary N) is 1. The number of hydrogen-bond donors (Lipinski definition) is 2. The quantitative estimate of drug-likeness (QED) is 0.415. The Bertz CT molecular complexity index is 1450. The van der Waals surface area contributed by atoms with Crippen molar-refractivity contribution < 1.29 is 9.59 Å². The van der Waals surface area contributed by atoms with Crippen molar-refractivity contribution in [3.8, 4) is 11.1 Å². The van der Waals surface area contributed by atoms with Crippen molar-refractivity contribution in [3.05, 3.63) is 114 Å². The molecule has 4 aromatic carbocycles. The summed E-state index contributed by atoms with van der Waals surface area (Å²) in [5.41, 5.74) is 11.9. The molecule has 6 rings (SSSR count). The summed E-state index contributed by atoms with van der Waals surface area (Å²) in [4.78, 5) is 30.9. The molecule has 2 amide bonds. The molecule has 184 valence electrons. The minimum absolute atomic E-state index is 0.0557. The van der Waals surface area contributed by atoms with Gasteiger partial charge in [-0.2, -0.15) is 0 Å². The van der Waals surface area contributed by atoms with E-state index in [0.29, 0.717) is 23.4 Å². The number of anilines is 3. The van der Waals surface area contributed by atoms with Crippen molar-refractivity contribution in [2.75, 3.05) is 28.2 Å². The van der Waals surface area contributed by atoms with Gasteiger partial charge in [-0.15, -0.1) is 0 Å². The fourth-order valence-corrected chi connectivity index (χ4v) is 5.46. The van der Waals surface area contributed by atoms with Gasteiger partial charge in [0, 0.05) is 42.0 Å². The first-order valence-corrected chi connectivity index (χ1v) is 12.6. The molecular formula is C31H28N4O2. The number of carbonyl (C=O) groups is 2. The molecule has 0 aromatic heterocycles. The first-order valence-electron chi connectivity index (χ1n) is 12.6. The van der Waals surface area contributed by atoms with Crippen LogP contribution in [-0.4, -0.2) is 37.0 Å². The van der Waals surface area contributed by atoms with Crippen LogP contribution < -0.4 is 20.9 Å². The van der Waals surface area contributed by atoms with E-state index in [-0.39, 0.29) is 23.9 Å². The normalized spacial score (nSPS) is 18.2. The van der Waals surface area contributed by atoms with Gasteiger partial charge in [0.2, 0.25) is 0 Å². The van der Waals surface area contributed by atoms with E-state index in [1.165, 1.54) is 0 Å². The summed E-state index contributed by atoms with van der Waals surface area (Å²) in [5, 5.41) is 2.98. The Morgan fingerprint density at radius 2 is 1.43 bits per heavy atom. The van der Waals surface area contributed by atoms with Gasteiger partial charge >= 0.3 is 0 Å². The zero-order valence-electron chi connectivity index (χ0n) is 20.4. The van der Waals surface area contributed by atoms with Gasteiger partial charge in [0.15, 0.2) is 0 Å². The van der Waals surface area contributed by atoms with Gasteiger partial charge in [-0.05, 0) is 60.0 Å². The molecule has 3 N–H and O–H groups in total. The zero-order chi connectivity index (χ0) is 25.4. The minimum atomic E-state index is -0.193. The van der Waals surface area contributed by atoms with Gasteiger partial charge in [-0.3, -0.25) is 9.59 Å². The summed E-state index contributed by atoms with van der Waals surface area (Å²) in [5.74, 6) is -0.249. The molecule has 37 heavy (non-hydrogen) atoms. The maximum atomic E-state index is 13.6. The van der Waals surface area contributed by atoms with Crippen molar-refractivity contribution in [2.45, 2.75) is 18.5 Å². The Labute approximate surface area is 216 Å². The predicted molar refractivity (Wildman–Crippen MR) is 148 cm³/mol. The van der Waals surface area contributed by atoms with Crippen molar-refractivity contribution >= 4 is 28.9 Å². The monoisotopic (exact) mass is 488 g/mol. The van der Waals surface area contributed by atoms with E-state index in [1.54, 1.807) is 24.3 Å². The fraction of sp³-hybridized carbons (Fsp3) is 0.161. The number of benzene rings is 4. The highest BCUT2D eigenvalue weighted by Gasteiger charge is 2.39. The van der Waals surface area contributed by atoms with Crippen LogP contribution in [0, 0.1) is 0 Å². The van der Waals surface area contributed by atoms with E-state index in [4.69, 9.17) is 5.73 Å². The lowest BCUT2D eigenvalue weighted by Crippen LogP contribution is -2.48. The summed E-state index contributed by atoms with van der Waals surface area (Å²) in [7, 11) is 0. The Hall–Kier alpha value is -4.42. The highest BCUT2D eigenvalue weighted by molar-refractivity contribution is 6.10. The van der Waals surface area contributed by atoms with E-state index < -0.39 is 0 Å². The van der Waals surface area contributed by atoms with Crippen molar-refractivity contribution in [3.63, 3.8) is 0 Å². The number of hydrogen-bond acceptors (Lipinski definition) is 4. The number of nitrogens with one attached hydrogen (secondary N) is 1. The maximum Gasteiger partial charge on any atom is 0.258 e. The molecule has 0 spiro atoms. The molecule has 1 fully saturated rings. The van der Waals surface area contributed by atoms with Crippen molar-refractivity contribution in [1.29, 1.82) is 0 Å². The Kier molecular flexibility index (Phi) is 5.94. The standard InChI is InChI=1S/C31H28N4O2/c32-23-18-25-20-35(29-13-7-6-12-28(29)34(25)19-23)31(37)22-14-16-24(17-15-22)33-30(36)27-11-5-4-10-26(27)21-8-2-1-3-9-21/h1-17,23,25H,18-20,32H2,(H,33,36)/t23-,25+/m0/s1. The van der Waals surface area contributed by atoms with Crippen LogP contribution in [0.4, 0.5) is 17.1 Å². The molecule has 0 saturated carbocycles. The number of carbonyl (C=O) groups excluding carboxylic acids is 2. The molecule has 6 heteroatoms. The van der Waals surface area contributed by atoms with E-state index in [9.17, 15) is 9.59 Å². The summed E-state index contributed by atoms with van der Waals surface area (Å²) >= 11 is 0. The topological polar surface area (TPSA) is 78.7 Å². The Balaban J connectivity index is 1.21. The molecule has 0 bridgehead atoms. The van der Waals surface area contributed by atoms with Gasteiger partial charge < -0.3 is 20.9 Å². The Morgan fingerprint density at radius 3 is 2.22 bits per heavy atom.